The molecule has 4 nitrogen and oxygen atoms in total. The molecule has 0 saturated heterocycles. The maximum atomic E-state index is 13.7. The molecule has 134 valence electrons. The molecule has 3 aromatic rings. The van der Waals surface area contributed by atoms with Crippen LogP contribution in [0.1, 0.15) is 4.88 Å². The molecule has 0 saturated carbocycles. The normalized spacial score (nSPS) is 10.4. The van der Waals surface area contributed by atoms with Gasteiger partial charge in [0, 0.05) is 10.6 Å². The summed E-state index contributed by atoms with van der Waals surface area (Å²) in [6.45, 7) is 0.168. The highest BCUT2D eigenvalue weighted by atomic mass is 32.1. The van der Waals surface area contributed by atoms with E-state index in [2.05, 4.69) is 0 Å². The van der Waals surface area contributed by atoms with E-state index in [1.807, 2.05) is 29.6 Å². The number of nitrogens with zero attached hydrogens (tertiary/aromatic N) is 1. The third-order valence-corrected chi connectivity index (χ3v) is 4.63. The summed E-state index contributed by atoms with van der Waals surface area (Å²) in [6, 6.07) is 17.1. The molecule has 1 amide bonds. The van der Waals surface area contributed by atoms with E-state index in [9.17, 15) is 9.18 Å². The van der Waals surface area contributed by atoms with Gasteiger partial charge in [0.15, 0.2) is 18.2 Å². The average Bonchev–Trinajstić information content (AvgIpc) is 3.19. The second-order valence-corrected chi connectivity index (χ2v) is 6.51. The number of para-hydroxylation sites is 1. The Kier molecular flexibility index (Phi) is 5.86. The van der Waals surface area contributed by atoms with Crippen molar-refractivity contribution < 1.29 is 18.7 Å². The van der Waals surface area contributed by atoms with Gasteiger partial charge in [-0.25, -0.2) is 4.39 Å². The van der Waals surface area contributed by atoms with Gasteiger partial charge < -0.3 is 14.4 Å². The van der Waals surface area contributed by atoms with Crippen LogP contribution in [0.25, 0.3) is 0 Å². The molecule has 0 bridgehead atoms. The minimum atomic E-state index is -0.491. The average molecular weight is 371 g/mol. The molecule has 0 spiro atoms. The number of amides is 1. The molecule has 0 aliphatic heterocycles. The number of hydrogen-bond donors (Lipinski definition) is 0. The first-order chi connectivity index (χ1) is 12.7. The maximum Gasteiger partial charge on any atom is 0.265 e. The van der Waals surface area contributed by atoms with Crippen molar-refractivity contribution in [2.24, 2.45) is 0 Å². The van der Waals surface area contributed by atoms with E-state index < -0.39 is 5.82 Å². The summed E-state index contributed by atoms with van der Waals surface area (Å²) >= 11 is 1.57. The van der Waals surface area contributed by atoms with Crippen LogP contribution < -0.4 is 14.4 Å². The number of carbonyl (C=O) groups excluding carboxylic acids is 1. The summed E-state index contributed by atoms with van der Waals surface area (Å²) in [4.78, 5) is 15.4. The van der Waals surface area contributed by atoms with E-state index in [0.717, 1.165) is 10.6 Å². The first kappa shape index (κ1) is 17.9. The topological polar surface area (TPSA) is 38.8 Å². The highest BCUT2D eigenvalue weighted by Crippen LogP contribution is 2.23. The smallest absolute Gasteiger partial charge is 0.265 e. The molecule has 0 unspecified atom stereocenters. The Hall–Kier alpha value is -2.86. The van der Waals surface area contributed by atoms with Gasteiger partial charge in [-0.2, -0.15) is 0 Å². The Labute approximate surface area is 155 Å². The molecular formula is C20H18FNO3S. The molecule has 0 radical (unpaired) electrons. The zero-order chi connectivity index (χ0) is 18.4. The van der Waals surface area contributed by atoms with E-state index in [0.29, 0.717) is 12.3 Å². The van der Waals surface area contributed by atoms with Crippen molar-refractivity contribution in [1.82, 2.24) is 0 Å². The molecule has 1 aromatic heterocycles. The van der Waals surface area contributed by atoms with Crippen LogP contribution in [0.4, 0.5) is 10.1 Å². The van der Waals surface area contributed by atoms with Gasteiger partial charge in [-0.3, -0.25) is 4.79 Å². The molecule has 3 rings (SSSR count). The third kappa shape index (κ3) is 4.40. The molecule has 0 fully saturated rings. The van der Waals surface area contributed by atoms with Gasteiger partial charge >= 0.3 is 0 Å². The second kappa shape index (κ2) is 8.49. The standard InChI is InChI=1S/C20H18FNO3S/c1-24-16-10-8-15(9-11-16)22(13-17-5-4-12-26-17)20(23)14-25-19-7-3-2-6-18(19)21/h2-12H,13-14H2,1H3. The van der Waals surface area contributed by atoms with Gasteiger partial charge in [-0.15, -0.1) is 11.3 Å². The van der Waals surface area contributed by atoms with Crippen LogP contribution in [-0.4, -0.2) is 19.6 Å². The quantitative estimate of drug-likeness (QED) is 0.613. The predicted molar refractivity (Wildman–Crippen MR) is 100 cm³/mol. The highest BCUT2D eigenvalue weighted by molar-refractivity contribution is 7.09. The lowest BCUT2D eigenvalue weighted by molar-refractivity contribution is -0.120. The van der Waals surface area contributed by atoms with Crippen LogP contribution in [0.5, 0.6) is 11.5 Å². The van der Waals surface area contributed by atoms with Crippen molar-refractivity contribution in [2.45, 2.75) is 6.54 Å². The van der Waals surface area contributed by atoms with Crippen molar-refractivity contribution >= 4 is 22.9 Å². The first-order valence-electron chi connectivity index (χ1n) is 8.01. The number of thiophene rings is 1. The fourth-order valence-electron chi connectivity index (χ4n) is 2.42. The van der Waals surface area contributed by atoms with Crippen LogP contribution in [0.15, 0.2) is 66.0 Å². The number of hydrogen-bond acceptors (Lipinski definition) is 4. The number of methoxy groups -OCH3 is 1. The Morgan fingerprint density at radius 3 is 2.50 bits per heavy atom. The van der Waals surface area contributed by atoms with Gasteiger partial charge in [0.2, 0.25) is 0 Å². The van der Waals surface area contributed by atoms with Crippen molar-refractivity contribution in [3.63, 3.8) is 0 Å². The molecule has 0 aliphatic carbocycles. The van der Waals surface area contributed by atoms with Gasteiger partial charge in [0.1, 0.15) is 5.75 Å². The molecule has 26 heavy (non-hydrogen) atoms. The number of halogens is 1. The molecule has 2 aromatic carbocycles. The largest absolute Gasteiger partial charge is 0.497 e. The molecule has 0 aliphatic rings. The minimum absolute atomic E-state index is 0.0617. The maximum absolute atomic E-state index is 13.7. The minimum Gasteiger partial charge on any atom is -0.497 e. The second-order valence-electron chi connectivity index (χ2n) is 5.48. The van der Waals surface area contributed by atoms with Gasteiger partial charge in [-0.05, 0) is 47.8 Å². The molecular weight excluding hydrogens is 353 g/mol. The fourth-order valence-corrected chi connectivity index (χ4v) is 3.12. The van der Waals surface area contributed by atoms with Gasteiger partial charge in [0.25, 0.3) is 5.91 Å². The van der Waals surface area contributed by atoms with Crippen LogP contribution >= 0.6 is 11.3 Å². The zero-order valence-corrected chi connectivity index (χ0v) is 15.0. The number of carbonyl (C=O) groups is 1. The number of rotatable bonds is 7. The Balaban J connectivity index is 1.77. The number of anilines is 1. The first-order valence-corrected chi connectivity index (χ1v) is 8.89. The van der Waals surface area contributed by atoms with Crippen molar-refractivity contribution in [2.75, 3.05) is 18.6 Å². The zero-order valence-electron chi connectivity index (χ0n) is 14.2. The van der Waals surface area contributed by atoms with Gasteiger partial charge in [0.05, 0.1) is 13.7 Å². The Morgan fingerprint density at radius 2 is 1.85 bits per heavy atom. The van der Waals surface area contributed by atoms with Crippen LogP contribution in [-0.2, 0) is 11.3 Å². The van der Waals surface area contributed by atoms with Crippen molar-refractivity contribution in [3.8, 4) is 11.5 Å². The highest BCUT2D eigenvalue weighted by Gasteiger charge is 2.18. The summed E-state index contributed by atoms with van der Waals surface area (Å²) < 4.78 is 24.2. The van der Waals surface area contributed by atoms with Crippen molar-refractivity contribution in [1.29, 1.82) is 0 Å². The van der Waals surface area contributed by atoms with E-state index in [-0.39, 0.29) is 18.3 Å². The lowest BCUT2D eigenvalue weighted by Crippen LogP contribution is -2.34. The molecule has 1 heterocycles. The summed E-state index contributed by atoms with van der Waals surface area (Å²) in [5, 5.41) is 1.96. The Morgan fingerprint density at radius 1 is 1.08 bits per heavy atom. The molecule has 6 heteroatoms. The Bertz CT molecular complexity index is 850. The number of benzene rings is 2. The third-order valence-electron chi connectivity index (χ3n) is 3.77. The van der Waals surface area contributed by atoms with Crippen molar-refractivity contribution in [3.05, 3.63) is 76.7 Å². The van der Waals surface area contributed by atoms with Crippen LogP contribution in [0.3, 0.4) is 0 Å². The van der Waals surface area contributed by atoms with Crippen LogP contribution in [0.2, 0.25) is 0 Å². The summed E-state index contributed by atoms with van der Waals surface area (Å²) in [5.41, 5.74) is 0.723. The van der Waals surface area contributed by atoms with E-state index in [1.54, 1.807) is 47.6 Å². The number of ether oxygens (including phenoxy) is 2. The lowest BCUT2D eigenvalue weighted by atomic mass is 10.2. The van der Waals surface area contributed by atoms with E-state index >= 15 is 0 Å². The summed E-state index contributed by atoms with van der Waals surface area (Å²) in [5.74, 6) is 0.0212. The van der Waals surface area contributed by atoms with Gasteiger partial charge in [-0.1, -0.05) is 18.2 Å². The van der Waals surface area contributed by atoms with E-state index in [4.69, 9.17) is 9.47 Å². The summed E-state index contributed by atoms with van der Waals surface area (Å²) in [6.07, 6.45) is 0. The van der Waals surface area contributed by atoms with Crippen LogP contribution in [0, 0.1) is 5.82 Å². The lowest BCUT2D eigenvalue weighted by Gasteiger charge is -2.22. The monoisotopic (exact) mass is 371 g/mol. The molecule has 0 N–H and O–H groups in total. The predicted octanol–water partition coefficient (Wildman–Crippen LogP) is 4.51. The SMILES string of the molecule is COc1ccc(N(Cc2cccs2)C(=O)COc2ccccc2F)cc1. The summed E-state index contributed by atoms with van der Waals surface area (Å²) in [7, 11) is 1.59. The molecule has 0 atom stereocenters. The van der Waals surface area contributed by atoms with E-state index in [1.165, 1.54) is 12.1 Å². The fraction of sp³-hybridized carbons (Fsp3) is 0.150.